The number of carboxylic acids is 1. The molecule has 0 aromatic rings. The standard InChI is InChI=1S/C10H21NO3S/c1-3-5-8(12)9(4-2)15-6-7(11)10(13)14/h7-9,12H,3-6,11H2,1-2H3,(H,13,14). The van der Waals surface area contributed by atoms with E-state index in [1.807, 2.05) is 13.8 Å². The van der Waals surface area contributed by atoms with E-state index >= 15 is 0 Å². The van der Waals surface area contributed by atoms with Crippen molar-refractivity contribution in [3.05, 3.63) is 0 Å². The predicted octanol–water partition coefficient (Wildman–Crippen LogP) is 1.07. The van der Waals surface area contributed by atoms with Crippen molar-refractivity contribution in [1.29, 1.82) is 0 Å². The molecule has 4 nitrogen and oxygen atoms in total. The lowest BCUT2D eigenvalue weighted by Gasteiger charge is -2.21. The molecule has 0 saturated carbocycles. The summed E-state index contributed by atoms with van der Waals surface area (Å²) in [4.78, 5) is 10.5. The van der Waals surface area contributed by atoms with Gasteiger partial charge in [0, 0.05) is 11.0 Å². The molecule has 0 heterocycles. The molecule has 0 radical (unpaired) electrons. The van der Waals surface area contributed by atoms with Crippen molar-refractivity contribution < 1.29 is 15.0 Å². The van der Waals surface area contributed by atoms with Gasteiger partial charge in [-0.15, -0.1) is 0 Å². The van der Waals surface area contributed by atoms with E-state index in [-0.39, 0.29) is 11.4 Å². The van der Waals surface area contributed by atoms with Gasteiger partial charge in [-0.1, -0.05) is 20.3 Å². The Morgan fingerprint density at radius 2 is 2.07 bits per heavy atom. The average Bonchev–Trinajstić information content (AvgIpc) is 2.18. The zero-order valence-corrected chi connectivity index (χ0v) is 10.2. The van der Waals surface area contributed by atoms with Gasteiger partial charge in [0.1, 0.15) is 6.04 Å². The molecule has 15 heavy (non-hydrogen) atoms. The van der Waals surface area contributed by atoms with E-state index in [9.17, 15) is 9.90 Å². The molecule has 3 atom stereocenters. The molecule has 0 aliphatic carbocycles. The highest BCUT2D eigenvalue weighted by atomic mass is 32.2. The lowest BCUT2D eigenvalue weighted by molar-refractivity contribution is -0.137. The molecule has 90 valence electrons. The lowest BCUT2D eigenvalue weighted by Crippen LogP contribution is -2.34. The monoisotopic (exact) mass is 235 g/mol. The van der Waals surface area contributed by atoms with E-state index in [1.165, 1.54) is 11.8 Å². The first-order valence-corrected chi connectivity index (χ1v) is 6.35. The second kappa shape index (κ2) is 7.96. The van der Waals surface area contributed by atoms with E-state index in [2.05, 4.69) is 0 Å². The molecular weight excluding hydrogens is 214 g/mol. The molecule has 0 aliphatic rings. The Morgan fingerprint density at radius 1 is 1.47 bits per heavy atom. The number of carbonyl (C=O) groups is 1. The smallest absolute Gasteiger partial charge is 0.321 e. The highest BCUT2D eigenvalue weighted by Crippen LogP contribution is 2.21. The summed E-state index contributed by atoms with van der Waals surface area (Å²) in [5.41, 5.74) is 5.39. The third-order valence-electron chi connectivity index (χ3n) is 2.22. The molecule has 0 fully saturated rings. The third-order valence-corrected chi connectivity index (χ3v) is 3.85. The van der Waals surface area contributed by atoms with Crippen molar-refractivity contribution in [2.45, 2.75) is 50.5 Å². The Hall–Kier alpha value is -0.260. The van der Waals surface area contributed by atoms with Crippen LogP contribution in [0.2, 0.25) is 0 Å². The van der Waals surface area contributed by atoms with Crippen molar-refractivity contribution in [1.82, 2.24) is 0 Å². The Balaban J connectivity index is 3.93. The van der Waals surface area contributed by atoms with Crippen LogP contribution in [0.15, 0.2) is 0 Å². The predicted molar refractivity (Wildman–Crippen MR) is 63.1 cm³/mol. The second-order valence-corrected chi connectivity index (χ2v) is 4.85. The van der Waals surface area contributed by atoms with Gasteiger partial charge in [-0.25, -0.2) is 0 Å². The van der Waals surface area contributed by atoms with Crippen molar-refractivity contribution in [3.63, 3.8) is 0 Å². The van der Waals surface area contributed by atoms with Crippen LogP contribution in [-0.4, -0.2) is 39.3 Å². The van der Waals surface area contributed by atoms with Gasteiger partial charge in [0.05, 0.1) is 6.10 Å². The maximum atomic E-state index is 10.5. The summed E-state index contributed by atoms with van der Waals surface area (Å²) in [5.74, 6) is -0.628. The number of thioether (sulfide) groups is 1. The molecule has 5 heteroatoms. The molecule has 0 saturated heterocycles. The summed E-state index contributed by atoms with van der Waals surface area (Å²) in [7, 11) is 0. The average molecular weight is 235 g/mol. The minimum Gasteiger partial charge on any atom is -0.480 e. The number of carboxylic acid groups (broad SMARTS) is 1. The summed E-state index contributed by atoms with van der Waals surface area (Å²) in [5, 5.41) is 18.5. The van der Waals surface area contributed by atoms with Gasteiger partial charge in [-0.2, -0.15) is 11.8 Å². The summed E-state index contributed by atoms with van der Waals surface area (Å²) in [6.45, 7) is 4.01. The molecule has 0 rings (SSSR count). The van der Waals surface area contributed by atoms with Gasteiger partial charge in [0.15, 0.2) is 0 Å². The fourth-order valence-electron chi connectivity index (χ4n) is 1.28. The summed E-state index contributed by atoms with van der Waals surface area (Å²) < 4.78 is 0. The van der Waals surface area contributed by atoms with Crippen LogP contribution >= 0.6 is 11.8 Å². The zero-order valence-electron chi connectivity index (χ0n) is 9.35. The largest absolute Gasteiger partial charge is 0.480 e. The number of nitrogens with two attached hydrogens (primary N) is 1. The first-order chi connectivity index (χ1) is 7.02. The fourth-order valence-corrected chi connectivity index (χ4v) is 2.47. The quantitative estimate of drug-likeness (QED) is 0.586. The molecule has 0 bridgehead atoms. The van der Waals surface area contributed by atoms with E-state index in [0.29, 0.717) is 5.75 Å². The first-order valence-electron chi connectivity index (χ1n) is 5.30. The SMILES string of the molecule is CCCC(O)C(CC)SCC(N)C(=O)O. The van der Waals surface area contributed by atoms with Gasteiger partial charge in [0.2, 0.25) is 0 Å². The Kier molecular flexibility index (Phi) is 7.82. The van der Waals surface area contributed by atoms with Crippen molar-refractivity contribution in [2.75, 3.05) is 5.75 Å². The van der Waals surface area contributed by atoms with Gasteiger partial charge in [0.25, 0.3) is 0 Å². The van der Waals surface area contributed by atoms with Gasteiger partial charge in [-0.3, -0.25) is 4.79 Å². The molecular formula is C10H21NO3S. The summed E-state index contributed by atoms with van der Waals surface area (Å²) >= 11 is 1.45. The molecule has 4 N–H and O–H groups in total. The van der Waals surface area contributed by atoms with Crippen LogP contribution in [0.3, 0.4) is 0 Å². The molecule has 0 aliphatic heterocycles. The van der Waals surface area contributed by atoms with Crippen LogP contribution in [0.4, 0.5) is 0 Å². The summed E-state index contributed by atoms with van der Waals surface area (Å²) in [6.07, 6.45) is 2.17. The van der Waals surface area contributed by atoms with Gasteiger partial charge in [-0.05, 0) is 12.8 Å². The van der Waals surface area contributed by atoms with E-state index in [4.69, 9.17) is 10.8 Å². The Bertz CT molecular complexity index is 190. The van der Waals surface area contributed by atoms with Crippen LogP contribution in [-0.2, 0) is 4.79 Å². The highest BCUT2D eigenvalue weighted by Gasteiger charge is 2.20. The molecule has 0 aromatic carbocycles. The first kappa shape index (κ1) is 14.7. The Morgan fingerprint density at radius 3 is 2.47 bits per heavy atom. The van der Waals surface area contributed by atoms with Crippen LogP contribution in [0.5, 0.6) is 0 Å². The highest BCUT2D eigenvalue weighted by molar-refractivity contribution is 8.00. The van der Waals surface area contributed by atoms with Crippen LogP contribution in [0, 0.1) is 0 Å². The zero-order chi connectivity index (χ0) is 11.8. The van der Waals surface area contributed by atoms with E-state index in [0.717, 1.165) is 19.3 Å². The molecule has 0 aromatic heterocycles. The van der Waals surface area contributed by atoms with Gasteiger partial charge >= 0.3 is 5.97 Å². The maximum absolute atomic E-state index is 10.5. The van der Waals surface area contributed by atoms with Crippen LogP contribution in [0.25, 0.3) is 0 Å². The lowest BCUT2D eigenvalue weighted by atomic mass is 10.1. The fraction of sp³-hybridized carbons (Fsp3) is 0.900. The van der Waals surface area contributed by atoms with Crippen LogP contribution in [0.1, 0.15) is 33.1 Å². The minimum atomic E-state index is -0.984. The second-order valence-electron chi connectivity index (χ2n) is 3.58. The maximum Gasteiger partial charge on any atom is 0.321 e. The summed E-state index contributed by atoms with van der Waals surface area (Å²) in [6, 6.07) is -0.835. The van der Waals surface area contributed by atoms with Crippen molar-refractivity contribution >= 4 is 17.7 Å². The van der Waals surface area contributed by atoms with Gasteiger partial charge < -0.3 is 15.9 Å². The number of aliphatic hydroxyl groups excluding tert-OH is 1. The Labute approximate surface area is 95.2 Å². The molecule has 0 spiro atoms. The number of hydrogen-bond donors (Lipinski definition) is 3. The minimum absolute atomic E-state index is 0.0929. The number of aliphatic carboxylic acids is 1. The van der Waals surface area contributed by atoms with Crippen molar-refractivity contribution in [3.8, 4) is 0 Å². The van der Waals surface area contributed by atoms with Crippen LogP contribution < -0.4 is 5.73 Å². The molecule has 3 unspecified atom stereocenters. The normalized spacial score (nSPS) is 17.1. The third kappa shape index (κ3) is 6.02. The van der Waals surface area contributed by atoms with E-state index < -0.39 is 12.0 Å². The number of rotatable bonds is 8. The number of hydrogen-bond acceptors (Lipinski definition) is 4. The number of aliphatic hydroxyl groups is 1. The topological polar surface area (TPSA) is 83.5 Å². The van der Waals surface area contributed by atoms with E-state index in [1.54, 1.807) is 0 Å². The molecule has 0 amide bonds. The van der Waals surface area contributed by atoms with Crippen molar-refractivity contribution in [2.24, 2.45) is 5.73 Å².